The van der Waals surface area contributed by atoms with Gasteiger partial charge in [-0.3, -0.25) is 9.78 Å². The first-order valence-electron chi connectivity index (χ1n) is 10.8. The average Bonchev–Trinajstić information content (AvgIpc) is 3.57. The van der Waals surface area contributed by atoms with Gasteiger partial charge in [-0.25, -0.2) is 0 Å². The van der Waals surface area contributed by atoms with Gasteiger partial charge in [-0.15, -0.1) is 6.58 Å². The Balaban J connectivity index is 1.64. The molecule has 152 valence electrons. The van der Waals surface area contributed by atoms with Gasteiger partial charge in [-0.05, 0) is 61.8 Å². The first-order valence-corrected chi connectivity index (χ1v) is 10.8. The number of aromatic nitrogens is 1. The molecule has 1 aliphatic heterocycles. The number of carbonyl (C=O) groups is 1. The van der Waals surface area contributed by atoms with Crippen LogP contribution >= 0.6 is 0 Å². The third kappa shape index (κ3) is 4.76. The summed E-state index contributed by atoms with van der Waals surface area (Å²) in [6.07, 6.45) is 10.9. The zero-order valence-corrected chi connectivity index (χ0v) is 17.1. The lowest BCUT2D eigenvalue weighted by Crippen LogP contribution is -2.53. The van der Waals surface area contributed by atoms with Crippen LogP contribution in [0.3, 0.4) is 0 Å². The van der Waals surface area contributed by atoms with Crippen LogP contribution in [0.4, 0.5) is 0 Å². The van der Waals surface area contributed by atoms with Crippen molar-refractivity contribution in [1.29, 1.82) is 0 Å². The summed E-state index contributed by atoms with van der Waals surface area (Å²) < 4.78 is 0. The predicted octanol–water partition coefficient (Wildman–Crippen LogP) is 4.09. The molecule has 4 nitrogen and oxygen atoms in total. The Hall–Kier alpha value is -2.46. The predicted molar refractivity (Wildman–Crippen MR) is 117 cm³/mol. The van der Waals surface area contributed by atoms with Crippen molar-refractivity contribution in [3.05, 3.63) is 67.0 Å². The van der Waals surface area contributed by atoms with E-state index < -0.39 is 5.41 Å². The number of hydrogen-bond donors (Lipinski definition) is 1. The molecule has 0 spiro atoms. The van der Waals surface area contributed by atoms with Gasteiger partial charge in [0.1, 0.15) is 0 Å². The molecule has 1 saturated carbocycles. The van der Waals surface area contributed by atoms with E-state index in [4.69, 9.17) is 0 Å². The van der Waals surface area contributed by atoms with Crippen LogP contribution in [0.25, 0.3) is 11.1 Å². The second-order valence-corrected chi connectivity index (χ2v) is 8.64. The van der Waals surface area contributed by atoms with Crippen LogP contribution in [0.15, 0.2) is 61.4 Å². The fraction of sp³-hybridized carbons (Fsp3) is 0.440. The van der Waals surface area contributed by atoms with Crippen molar-refractivity contribution < 1.29 is 4.79 Å². The molecule has 4 heteroatoms. The molecule has 1 amide bonds. The van der Waals surface area contributed by atoms with E-state index in [9.17, 15) is 4.79 Å². The average molecular weight is 390 g/mol. The molecule has 1 aliphatic carbocycles. The summed E-state index contributed by atoms with van der Waals surface area (Å²) in [5.41, 5.74) is 3.11. The minimum Gasteiger partial charge on any atom is -0.352 e. The first-order chi connectivity index (χ1) is 14.2. The third-order valence-electron chi connectivity index (χ3n) is 6.28. The Labute approximate surface area is 174 Å². The number of hydrogen-bond acceptors (Lipinski definition) is 3. The monoisotopic (exact) mass is 389 g/mol. The number of amides is 1. The number of nitrogens with one attached hydrogen (secondary N) is 1. The molecule has 1 aromatic heterocycles. The van der Waals surface area contributed by atoms with Crippen molar-refractivity contribution in [1.82, 2.24) is 15.2 Å². The number of piperidine rings is 1. The number of benzene rings is 1. The number of rotatable bonds is 8. The zero-order valence-electron chi connectivity index (χ0n) is 17.1. The highest BCUT2D eigenvalue weighted by Gasteiger charge is 2.43. The zero-order chi connectivity index (χ0) is 20.1. The molecule has 0 radical (unpaired) electrons. The van der Waals surface area contributed by atoms with Gasteiger partial charge in [0.15, 0.2) is 0 Å². The Morgan fingerprint density at radius 3 is 2.90 bits per heavy atom. The topological polar surface area (TPSA) is 45.2 Å². The minimum atomic E-state index is -0.394. The van der Waals surface area contributed by atoms with Crippen molar-refractivity contribution in [2.75, 3.05) is 26.2 Å². The summed E-state index contributed by atoms with van der Waals surface area (Å²) in [6, 6.07) is 12.5. The molecule has 1 aromatic carbocycles. The number of pyridine rings is 1. The molecular weight excluding hydrogens is 358 g/mol. The highest BCUT2D eigenvalue weighted by atomic mass is 16.2. The first kappa shape index (κ1) is 19.8. The van der Waals surface area contributed by atoms with E-state index in [1.54, 1.807) is 12.3 Å². The maximum atomic E-state index is 13.4. The standard InChI is InChI=1S/C25H31N3O/c1-2-13-27-24(29)25(12-6-15-28(19-25)18-20-10-11-20)16-21-7-3-4-9-23(21)22-8-5-14-26-17-22/h2-5,7-9,14,17,20H,1,6,10-13,15-16,18-19H2,(H,27,29). The van der Waals surface area contributed by atoms with Crippen LogP contribution in [0.5, 0.6) is 0 Å². The minimum absolute atomic E-state index is 0.166. The summed E-state index contributed by atoms with van der Waals surface area (Å²) in [7, 11) is 0. The lowest BCUT2D eigenvalue weighted by Gasteiger charge is -2.42. The second kappa shape index (κ2) is 8.91. The molecule has 4 rings (SSSR count). The molecule has 2 heterocycles. The lowest BCUT2D eigenvalue weighted by atomic mass is 9.73. The molecule has 29 heavy (non-hydrogen) atoms. The Morgan fingerprint density at radius 2 is 2.14 bits per heavy atom. The van der Waals surface area contributed by atoms with E-state index in [1.165, 1.54) is 24.0 Å². The molecule has 1 atom stereocenters. The van der Waals surface area contributed by atoms with Gasteiger partial charge in [0, 0.05) is 37.6 Å². The van der Waals surface area contributed by atoms with Crippen molar-refractivity contribution >= 4 is 5.91 Å². The molecule has 1 unspecified atom stereocenters. The van der Waals surface area contributed by atoms with Crippen LogP contribution < -0.4 is 5.32 Å². The normalized spacial score (nSPS) is 22.2. The Kier molecular flexibility index (Phi) is 6.10. The third-order valence-corrected chi connectivity index (χ3v) is 6.28. The Morgan fingerprint density at radius 1 is 1.28 bits per heavy atom. The van der Waals surface area contributed by atoms with Gasteiger partial charge in [0.05, 0.1) is 5.41 Å². The van der Waals surface area contributed by atoms with Gasteiger partial charge in [-0.2, -0.15) is 0 Å². The van der Waals surface area contributed by atoms with Gasteiger partial charge in [0.2, 0.25) is 5.91 Å². The van der Waals surface area contributed by atoms with Gasteiger partial charge in [-0.1, -0.05) is 36.4 Å². The van der Waals surface area contributed by atoms with Crippen LogP contribution in [-0.4, -0.2) is 42.0 Å². The summed E-state index contributed by atoms with van der Waals surface area (Å²) >= 11 is 0. The van der Waals surface area contributed by atoms with Crippen LogP contribution in [-0.2, 0) is 11.2 Å². The molecular formula is C25H31N3O. The highest BCUT2D eigenvalue weighted by molar-refractivity contribution is 5.84. The summed E-state index contributed by atoms with van der Waals surface area (Å²) in [6.45, 7) is 7.38. The van der Waals surface area contributed by atoms with Crippen LogP contribution in [0.2, 0.25) is 0 Å². The fourth-order valence-electron chi connectivity index (χ4n) is 4.65. The molecule has 1 N–H and O–H groups in total. The van der Waals surface area contributed by atoms with Gasteiger partial charge in [0.25, 0.3) is 0 Å². The fourth-order valence-corrected chi connectivity index (χ4v) is 4.65. The second-order valence-electron chi connectivity index (χ2n) is 8.64. The molecule has 2 aliphatic rings. The van der Waals surface area contributed by atoms with E-state index in [-0.39, 0.29) is 5.91 Å². The maximum absolute atomic E-state index is 13.4. The summed E-state index contributed by atoms with van der Waals surface area (Å²) in [4.78, 5) is 20.2. The smallest absolute Gasteiger partial charge is 0.228 e. The van der Waals surface area contributed by atoms with Crippen LogP contribution in [0, 0.1) is 11.3 Å². The molecule has 1 saturated heterocycles. The van der Waals surface area contributed by atoms with E-state index >= 15 is 0 Å². The highest BCUT2D eigenvalue weighted by Crippen LogP contribution is 2.39. The molecule has 2 fully saturated rings. The summed E-state index contributed by atoms with van der Waals surface area (Å²) in [5.74, 6) is 1.00. The quantitative estimate of drug-likeness (QED) is 0.692. The molecule has 2 aromatic rings. The van der Waals surface area contributed by atoms with E-state index in [2.05, 4.69) is 52.1 Å². The van der Waals surface area contributed by atoms with Crippen molar-refractivity contribution in [3.63, 3.8) is 0 Å². The molecule has 0 bridgehead atoms. The van der Waals surface area contributed by atoms with Crippen molar-refractivity contribution in [3.8, 4) is 11.1 Å². The van der Waals surface area contributed by atoms with Gasteiger partial charge >= 0.3 is 0 Å². The lowest BCUT2D eigenvalue weighted by molar-refractivity contribution is -0.134. The largest absolute Gasteiger partial charge is 0.352 e. The Bertz CT molecular complexity index is 846. The van der Waals surface area contributed by atoms with Crippen LogP contribution in [0.1, 0.15) is 31.2 Å². The number of carbonyl (C=O) groups excluding carboxylic acids is 1. The number of nitrogens with zero attached hydrogens (tertiary/aromatic N) is 2. The SMILES string of the molecule is C=CCNC(=O)C1(Cc2ccccc2-c2cccnc2)CCCN(CC2CC2)C1. The van der Waals surface area contributed by atoms with E-state index in [0.29, 0.717) is 6.54 Å². The van der Waals surface area contributed by atoms with Gasteiger partial charge < -0.3 is 10.2 Å². The van der Waals surface area contributed by atoms with Crippen molar-refractivity contribution in [2.24, 2.45) is 11.3 Å². The van der Waals surface area contributed by atoms with E-state index in [1.807, 2.05) is 12.3 Å². The van der Waals surface area contributed by atoms with Crippen molar-refractivity contribution in [2.45, 2.75) is 32.1 Å². The maximum Gasteiger partial charge on any atom is 0.228 e. The van der Waals surface area contributed by atoms with E-state index in [0.717, 1.165) is 50.4 Å². The number of likely N-dealkylation sites (tertiary alicyclic amines) is 1. The summed E-state index contributed by atoms with van der Waals surface area (Å²) in [5, 5.41) is 3.12.